The fourth-order valence-corrected chi connectivity index (χ4v) is 5.30. The zero-order valence-electron chi connectivity index (χ0n) is 12.7. The molecule has 3 rings (SSSR count). The third-order valence-electron chi connectivity index (χ3n) is 4.28. The fourth-order valence-electron chi connectivity index (χ4n) is 2.62. The number of halogens is 8. The first-order valence-corrected chi connectivity index (χ1v) is 10.1. The molecule has 1 saturated carbocycles. The Labute approximate surface area is 181 Å². The van der Waals surface area contributed by atoms with Crippen molar-refractivity contribution in [3.05, 3.63) is 43.6 Å². The van der Waals surface area contributed by atoms with E-state index in [1.165, 1.54) is 4.68 Å². The van der Waals surface area contributed by atoms with Gasteiger partial charge in [0.2, 0.25) is 0 Å². The average molecular weight is 597 g/mol. The lowest BCUT2D eigenvalue weighted by Gasteiger charge is -2.13. The highest BCUT2D eigenvalue weighted by Gasteiger charge is 2.65. The number of nitriles is 1. The third kappa shape index (κ3) is 3.12. The smallest absolute Gasteiger partial charge is 0.222 e. The zero-order valence-corrected chi connectivity index (χ0v) is 19.0. The molecular formula is C15H7Br3Cl2F3N3. The molecule has 1 heterocycles. The van der Waals surface area contributed by atoms with Crippen LogP contribution in [0.25, 0.3) is 5.69 Å². The Bertz CT molecular complexity index is 943. The van der Waals surface area contributed by atoms with E-state index in [0.717, 1.165) is 12.1 Å². The van der Waals surface area contributed by atoms with Crippen molar-refractivity contribution in [2.75, 3.05) is 0 Å². The quantitative estimate of drug-likeness (QED) is 0.351. The van der Waals surface area contributed by atoms with E-state index < -0.39 is 20.4 Å². The Morgan fingerprint density at radius 3 is 2.15 bits per heavy atom. The van der Waals surface area contributed by atoms with Gasteiger partial charge in [0, 0.05) is 5.41 Å². The number of alkyl halides is 5. The summed E-state index contributed by atoms with van der Waals surface area (Å²) in [5, 5.41) is 13.5. The predicted molar refractivity (Wildman–Crippen MR) is 104 cm³/mol. The molecule has 1 aliphatic rings. The summed E-state index contributed by atoms with van der Waals surface area (Å²) in [6.07, 6.45) is -3.91. The van der Waals surface area contributed by atoms with Crippen LogP contribution in [0, 0.1) is 11.3 Å². The maximum atomic E-state index is 12.9. The molecule has 0 bridgehead atoms. The van der Waals surface area contributed by atoms with Gasteiger partial charge in [0.05, 0.1) is 24.5 Å². The van der Waals surface area contributed by atoms with Gasteiger partial charge in [0.25, 0.3) is 0 Å². The molecule has 0 radical (unpaired) electrons. The van der Waals surface area contributed by atoms with E-state index in [1.807, 2.05) is 6.92 Å². The minimum Gasteiger partial charge on any atom is -0.222 e. The SMILES string of the molecule is CC1(c2nn(-c3c(Cl)cc(C(F)(F)F)cc3Cl)c(Br)c2C#N)CC1(Br)Br. The summed E-state index contributed by atoms with van der Waals surface area (Å²) in [5.74, 6) is 0. The molecule has 1 unspecified atom stereocenters. The molecule has 0 saturated heterocycles. The molecular weight excluding hydrogens is 590 g/mol. The minimum absolute atomic E-state index is 0.0648. The van der Waals surface area contributed by atoms with Crippen LogP contribution in [0.1, 0.15) is 30.2 Å². The van der Waals surface area contributed by atoms with Gasteiger partial charge in [-0.05, 0) is 34.5 Å². The molecule has 1 fully saturated rings. The van der Waals surface area contributed by atoms with Crippen molar-refractivity contribution >= 4 is 71.0 Å². The van der Waals surface area contributed by atoms with Gasteiger partial charge in [0.1, 0.15) is 21.9 Å². The number of benzene rings is 1. The standard InChI is InChI=1S/C15H7Br3Cl2F3N3/c1-13(5-14(13,17)18)11-7(4-24)12(16)26(25-11)10-8(19)2-6(3-9(10)20)15(21,22)23/h2-3H,5H2,1H3. The lowest BCUT2D eigenvalue weighted by molar-refractivity contribution is -0.137. The topological polar surface area (TPSA) is 41.6 Å². The Morgan fingerprint density at radius 1 is 1.27 bits per heavy atom. The van der Waals surface area contributed by atoms with Crippen molar-refractivity contribution in [3.63, 3.8) is 0 Å². The number of hydrogen-bond donors (Lipinski definition) is 0. The number of hydrogen-bond acceptors (Lipinski definition) is 2. The van der Waals surface area contributed by atoms with E-state index in [2.05, 4.69) is 59.0 Å². The Kier molecular flexibility index (Phi) is 5.02. The van der Waals surface area contributed by atoms with Gasteiger partial charge in [0.15, 0.2) is 0 Å². The van der Waals surface area contributed by atoms with Gasteiger partial charge in [-0.3, -0.25) is 0 Å². The summed E-state index contributed by atoms with van der Waals surface area (Å²) in [7, 11) is 0. The van der Waals surface area contributed by atoms with Crippen LogP contribution in [0.2, 0.25) is 10.0 Å². The molecule has 138 valence electrons. The summed E-state index contributed by atoms with van der Waals surface area (Å²) in [4.78, 5) is 0. The maximum absolute atomic E-state index is 12.9. The van der Waals surface area contributed by atoms with Crippen molar-refractivity contribution in [1.29, 1.82) is 5.26 Å². The van der Waals surface area contributed by atoms with Crippen LogP contribution in [0.4, 0.5) is 13.2 Å². The Morgan fingerprint density at radius 2 is 1.77 bits per heavy atom. The van der Waals surface area contributed by atoms with Crippen LogP contribution in [0.3, 0.4) is 0 Å². The molecule has 3 nitrogen and oxygen atoms in total. The van der Waals surface area contributed by atoms with Crippen LogP contribution in [-0.2, 0) is 11.6 Å². The second kappa shape index (κ2) is 6.38. The van der Waals surface area contributed by atoms with Gasteiger partial charge in [-0.15, -0.1) is 0 Å². The molecule has 26 heavy (non-hydrogen) atoms. The highest BCUT2D eigenvalue weighted by Crippen LogP contribution is 2.67. The lowest BCUT2D eigenvalue weighted by atomic mass is 10.0. The second-order valence-corrected chi connectivity index (χ2v) is 11.4. The zero-order chi connectivity index (χ0) is 19.7. The number of nitrogens with zero attached hydrogens (tertiary/aromatic N) is 3. The summed E-state index contributed by atoms with van der Waals surface area (Å²) in [6.45, 7) is 1.91. The van der Waals surface area contributed by atoms with Gasteiger partial charge in [-0.2, -0.15) is 23.5 Å². The fraction of sp³-hybridized carbons (Fsp3) is 0.333. The summed E-state index contributed by atoms with van der Waals surface area (Å²) in [5.41, 5.74) is -0.631. The van der Waals surface area contributed by atoms with Crippen LogP contribution in [-0.4, -0.2) is 13.0 Å². The predicted octanol–water partition coefficient (Wildman–Crippen LogP) is 6.98. The van der Waals surface area contributed by atoms with Crippen molar-refractivity contribution in [2.24, 2.45) is 0 Å². The molecule has 1 aliphatic carbocycles. The van der Waals surface area contributed by atoms with Gasteiger partial charge >= 0.3 is 6.18 Å². The van der Waals surface area contributed by atoms with Crippen molar-refractivity contribution in [3.8, 4) is 11.8 Å². The normalized spacial score (nSPS) is 21.5. The van der Waals surface area contributed by atoms with E-state index >= 15 is 0 Å². The minimum atomic E-state index is -4.58. The van der Waals surface area contributed by atoms with Crippen LogP contribution in [0.5, 0.6) is 0 Å². The summed E-state index contributed by atoms with van der Waals surface area (Å²) in [6, 6.07) is 3.63. The monoisotopic (exact) mass is 593 g/mol. The molecule has 1 aromatic carbocycles. The van der Waals surface area contributed by atoms with Crippen molar-refractivity contribution in [1.82, 2.24) is 9.78 Å². The first kappa shape index (κ1) is 20.5. The lowest BCUT2D eigenvalue weighted by Crippen LogP contribution is -2.12. The molecule has 0 amide bonds. The number of aromatic nitrogens is 2. The Hall–Kier alpha value is -0.270. The first-order valence-electron chi connectivity index (χ1n) is 6.97. The van der Waals surface area contributed by atoms with E-state index in [9.17, 15) is 18.4 Å². The highest BCUT2D eigenvalue weighted by molar-refractivity contribution is 9.25. The first-order chi connectivity index (χ1) is 11.8. The third-order valence-corrected chi connectivity index (χ3v) is 7.90. The summed E-state index contributed by atoms with van der Waals surface area (Å²) >= 11 is 22.5. The highest BCUT2D eigenvalue weighted by atomic mass is 79.9. The van der Waals surface area contributed by atoms with Gasteiger partial charge in [-0.1, -0.05) is 62.0 Å². The van der Waals surface area contributed by atoms with Crippen LogP contribution in [0.15, 0.2) is 16.7 Å². The molecule has 11 heteroatoms. The molecule has 2 aromatic rings. The van der Waals surface area contributed by atoms with E-state index in [4.69, 9.17) is 23.2 Å². The van der Waals surface area contributed by atoms with Crippen LogP contribution >= 0.6 is 71.0 Å². The van der Waals surface area contributed by atoms with Crippen LogP contribution < -0.4 is 0 Å². The number of rotatable bonds is 2. The molecule has 0 spiro atoms. The van der Waals surface area contributed by atoms with Crippen molar-refractivity contribution < 1.29 is 13.2 Å². The average Bonchev–Trinajstić information content (AvgIpc) is 2.84. The van der Waals surface area contributed by atoms with Crippen molar-refractivity contribution in [2.45, 2.75) is 28.2 Å². The van der Waals surface area contributed by atoms with E-state index in [0.29, 0.717) is 12.1 Å². The van der Waals surface area contributed by atoms with Gasteiger partial charge < -0.3 is 0 Å². The maximum Gasteiger partial charge on any atom is 0.416 e. The molecule has 0 N–H and O–H groups in total. The molecule has 1 aromatic heterocycles. The van der Waals surface area contributed by atoms with E-state index in [1.54, 1.807) is 0 Å². The largest absolute Gasteiger partial charge is 0.416 e. The molecule has 1 atom stereocenters. The second-order valence-electron chi connectivity index (χ2n) is 6.04. The van der Waals surface area contributed by atoms with E-state index in [-0.39, 0.29) is 25.9 Å². The Balaban J connectivity index is 2.21. The van der Waals surface area contributed by atoms with Gasteiger partial charge in [-0.25, -0.2) is 4.68 Å². The summed E-state index contributed by atoms with van der Waals surface area (Å²) < 4.78 is 39.9. The molecule has 0 aliphatic heterocycles.